The van der Waals surface area contributed by atoms with Gasteiger partial charge in [0.05, 0.1) is 23.8 Å². The van der Waals surface area contributed by atoms with Crippen molar-refractivity contribution in [2.24, 2.45) is 0 Å². The van der Waals surface area contributed by atoms with Gasteiger partial charge < -0.3 is 11.1 Å². The van der Waals surface area contributed by atoms with Crippen molar-refractivity contribution < 1.29 is 0 Å². The summed E-state index contributed by atoms with van der Waals surface area (Å²) in [5.74, 6) is 0.904. The van der Waals surface area contributed by atoms with Gasteiger partial charge in [0.15, 0.2) is 11.5 Å². The molecule has 0 spiro atoms. The third-order valence-corrected chi connectivity index (χ3v) is 3.81. The number of H-pyrrole nitrogens is 1. The minimum absolute atomic E-state index is 0.450. The van der Waals surface area contributed by atoms with Crippen LogP contribution in [0.25, 0.3) is 16.9 Å². The third kappa shape index (κ3) is 1.67. The molecule has 1 fully saturated rings. The number of fused-ring (bicyclic) bond motifs is 1. The summed E-state index contributed by atoms with van der Waals surface area (Å²) in [5, 5.41) is 10.2. The van der Waals surface area contributed by atoms with Crippen LogP contribution >= 0.6 is 0 Å². The highest BCUT2D eigenvalue weighted by Gasteiger charge is 2.21. The second kappa shape index (κ2) is 4.31. The fraction of sp³-hybridized carbons (Fsp3) is 0.308. The van der Waals surface area contributed by atoms with Gasteiger partial charge in [0.1, 0.15) is 0 Å². The van der Waals surface area contributed by atoms with Crippen molar-refractivity contribution >= 4 is 11.5 Å². The van der Waals surface area contributed by atoms with Crippen LogP contribution in [-0.4, -0.2) is 37.7 Å². The molecule has 3 aromatic heterocycles. The number of aromatic nitrogens is 5. The molecule has 20 heavy (non-hydrogen) atoms. The molecule has 1 aliphatic rings. The lowest BCUT2D eigenvalue weighted by atomic mass is 10.1. The van der Waals surface area contributed by atoms with E-state index in [2.05, 4.69) is 31.7 Å². The Labute approximate surface area is 115 Å². The van der Waals surface area contributed by atoms with Crippen molar-refractivity contribution in [1.82, 2.24) is 29.9 Å². The summed E-state index contributed by atoms with van der Waals surface area (Å²) in [4.78, 5) is 8.91. The number of aromatic amines is 1. The topological polar surface area (TPSA) is 96.9 Å². The fourth-order valence-corrected chi connectivity index (χ4v) is 2.72. The molecule has 1 atom stereocenters. The van der Waals surface area contributed by atoms with Crippen molar-refractivity contribution in [3.05, 3.63) is 30.5 Å². The lowest BCUT2D eigenvalue weighted by molar-refractivity contribution is 0.742. The summed E-state index contributed by atoms with van der Waals surface area (Å²) in [6.45, 7) is 2.01. The molecule has 0 bridgehead atoms. The van der Waals surface area contributed by atoms with Gasteiger partial charge in [0.2, 0.25) is 0 Å². The second-order valence-electron chi connectivity index (χ2n) is 5.06. The Kier molecular flexibility index (Phi) is 2.46. The third-order valence-electron chi connectivity index (χ3n) is 3.81. The number of nitrogens with two attached hydrogens (primary N) is 1. The van der Waals surface area contributed by atoms with Gasteiger partial charge in [-0.25, -0.2) is 9.97 Å². The minimum atomic E-state index is 0.450. The number of hydrogen-bond acceptors (Lipinski definition) is 5. The van der Waals surface area contributed by atoms with Crippen LogP contribution in [0.3, 0.4) is 0 Å². The highest BCUT2D eigenvalue weighted by molar-refractivity contribution is 5.68. The lowest BCUT2D eigenvalue weighted by Crippen LogP contribution is -2.08. The summed E-state index contributed by atoms with van der Waals surface area (Å²) >= 11 is 0. The molecule has 1 unspecified atom stereocenters. The summed E-state index contributed by atoms with van der Waals surface area (Å²) in [6, 6.07) is 0. The largest absolute Gasteiger partial charge is 0.381 e. The molecule has 1 aliphatic heterocycles. The summed E-state index contributed by atoms with van der Waals surface area (Å²) in [5.41, 5.74) is 9.65. The van der Waals surface area contributed by atoms with E-state index in [1.165, 1.54) is 0 Å². The molecule has 4 rings (SSSR count). The average molecular weight is 269 g/mol. The SMILES string of the molecule is Nc1ncc(-c2cn[nH]c2)n2cc(C3CCNC3)nc12. The van der Waals surface area contributed by atoms with E-state index >= 15 is 0 Å². The van der Waals surface area contributed by atoms with Gasteiger partial charge in [-0.2, -0.15) is 5.10 Å². The molecule has 4 heterocycles. The number of imidazole rings is 1. The fourth-order valence-electron chi connectivity index (χ4n) is 2.72. The van der Waals surface area contributed by atoms with Crippen LogP contribution < -0.4 is 11.1 Å². The Hall–Kier alpha value is -2.41. The Morgan fingerprint density at radius 2 is 2.30 bits per heavy atom. The summed E-state index contributed by atoms with van der Waals surface area (Å²) in [7, 11) is 0. The number of hydrogen-bond donors (Lipinski definition) is 3. The van der Waals surface area contributed by atoms with Gasteiger partial charge >= 0.3 is 0 Å². The van der Waals surface area contributed by atoms with E-state index in [0.717, 1.165) is 36.5 Å². The van der Waals surface area contributed by atoms with E-state index < -0.39 is 0 Å². The second-order valence-corrected chi connectivity index (χ2v) is 5.06. The van der Waals surface area contributed by atoms with Crippen molar-refractivity contribution in [1.29, 1.82) is 0 Å². The molecule has 0 aliphatic carbocycles. The number of nitrogen functional groups attached to an aromatic ring is 1. The van der Waals surface area contributed by atoms with Gasteiger partial charge in [-0.05, 0) is 13.0 Å². The summed E-state index contributed by atoms with van der Waals surface area (Å²) < 4.78 is 2.00. The molecular weight excluding hydrogens is 254 g/mol. The maximum absolute atomic E-state index is 5.96. The van der Waals surface area contributed by atoms with Crippen LogP contribution in [0.2, 0.25) is 0 Å². The molecule has 3 aromatic rings. The highest BCUT2D eigenvalue weighted by Crippen LogP contribution is 2.26. The molecule has 0 radical (unpaired) electrons. The van der Waals surface area contributed by atoms with E-state index in [1.54, 1.807) is 12.4 Å². The van der Waals surface area contributed by atoms with E-state index in [0.29, 0.717) is 17.4 Å². The van der Waals surface area contributed by atoms with Crippen LogP contribution in [0.15, 0.2) is 24.8 Å². The predicted molar refractivity (Wildman–Crippen MR) is 75.2 cm³/mol. The Bertz CT molecular complexity index is 738. The van der Waals surface area contributed by atoms with Crippen molar-refractivity contribution in [2.75, 3.05) is 18.8 Å². The van der Waals surface area contributed by atoms with Crippen molar-refractivity contribution in [2.45, 2.75) is 12.3 Å². The average Bonchev–Trinajstić information content (AvgIpc) is 3.20. The zero-order chi connectivity index (χ0) is 13.5. The van der Waals surface area contributed by atoms with E-state index in [-0.39, 0.29) is 0 Å². The molecule has 7 heteroatoms. The van der Waals surface area contributed by atoms with Gasteiger partial charge in [-0.1, -0.05) is 0 Å². The first kappa shape index (κ1) is 11.4. The molecule has 102 valence electrons. The quantitative estimate of drug-likeness (QED) is 0.638. The Balaban J connectivity index is 1.91. The van der Waals surface area contributed by atoms with Crippen LogP contribution in [0.5, 0.6) is 0 Å². The minimum Gasteiger partial charge on any atom is -0.381 e. The van der Waals surface area contributed by atoms with Gasteiger partial charge in [0, 0.05) is 30.4 Å². The normalized spacial score (nSPS) is 18.9. The Morgan fingerprint density at radius 3 is 3.05 bits per heavy atom. The molecule has 0 aromatic carbocycles. The predicted octanol–water partition coefficient (Wildman–Crippen LogP) is 0.778. The number of anilines is 1. The zero-order valence-corrected chi connectivity index (χ0v) is 10.9. The van der Waals surface area contributed by atoms with Crippen molar-refractivity contribution in [3.8, 4) is 11.3 Å². The first-order valence-electron chi connectivity index (χ1n) is 6.66. The zero-order valence-electron chi connectivity index (χ0n) is 10.9. The maximum atomic E-state index is 5.96. The molecule has 0 amide bonds. The monoisotopic (exact) mass is 269 g/mol. The van der Waals surface area contributed by atoms with Gasteiger partial charge in [0.25, 0.3) is 0 Å². The van der Waals surface area contributed by atoms with Crippen molar-refractivity contribution in [3.63, 3.8) is 0 Å². The van der Waals surface area contributed by atoms with Gasteiger partial charge in [-0.3, -0.25) is 9.50 Å². The van der Waals surface area contributed by atoms with Gasteiger partial charge in [-0.15, -0.1) is 0 Å². The first-order valence-corrected chi connectivity index (χ1v) is 6.66. The smallest absolute Gasteiger partial charge is 0.180 e. The van der Waals surface area contributed by atoms with E-state index in [9.17, 15) is 0 Å². The number of nitrogens with one attached hydrogen (secondary N) is 2. The molecule has 0 saturated carbocycles. The maximum Gasteiger partial charge on any atom is 0.180 e. The number of rotatable bonds is 2. The molecule has 4 N–H and O–H groups in total. The van der Waals surface area contributed by atoms with Crippen LogP contribution in [0.1, 0.15) is 18.0 Å². The van der Waals surface area contributed by atoms with Crippen LogP contribution in [-0.2, 0) is 0 Å². The summed E-state index contributed by atoms with van der Waals surface area (Å²) in [6.07, 6.45) is 8.53. The Morgan fingerprint density at radius 1 is 1.35 bits per heavy atom. The van der Waals surface area contributed by atoms with E-state index in [4.69, 9.17) is 5.73 Å². The molecule has 1 saturated heterocycles. The van der Waals surface area contributed by atoms with E-state index in [1.807, 2.05) is 10.6 Å². The van der Waals surface area contributed by atoms with Crippen LogP contribution in [0, 0.1) is 0 Å². The molecule has 7 nitrogen and oxygen atoms in total. The number of nitrogens with zero attached hydrogens (tertiary/aromatic N) is 4. The lowest BCUT2D eigenvalue weighted by Gasteiger charge is -2.03. The van der Waals surface area contributed by atoms with Crippen LogP contribution in [0.4, 0.5) is 5.82 Å². The standard InChI is InChI=1S/C13H15N7/c14-12-13-19-10(8-1-2-15-3-8)7-20(13)11(6-16-12)9-4-17-18-5-9/h4-8,15H,1-3H2,(H2,14,16)(H,17,18). The highest BCUT2D eigenvalue weighted by atomic mass is 15.1. The molecular formula is C13H15N7. The first-order chi connectivity index (χ1) is 9.83.